The monoisotopic (exact) mass is 368 g/mol. The Balaban J connectivity index is 1.26. The number of benzene rings is 2. The first-order valence-corrected chi connectivity index (χ1v) is 9.12. The number of amides is 2. The van der Waals surface area contributed by atoms with Gasteiger partial charge in [0.05, 0.1) is 5.92 Å². The van der Waals surface area contributed by atoms with Crippen LogP contribution in [0.15, 0.2) is 48.5 Å². The van der Waals surface area contributed by atoms with E-state index in [0.29, 0.717) is 19.6 Å². The highest BCUT2D eigenvalue weighted by Gasteiger charge is 2.38. The molecular formula is C21H21FN2O3. The fourth-order valence-corrected chi connectivity index (χ4v) is 3.57. The van der Waals surface area contributed by atoms with Crippen LogP contribution in [0, 0.1) is 11.7 Å². The van der Waals surface area contributed by atoms with Crippen molar-refractivity contribution in [2.24, 2.45) is 5.92 Å². The summed E-state index contributed by atoms with van der Waals surface area (Å²) in [6.07, 6.45) is 0.869. The Hall–Kier alpha value is -2.89. The van der Waals surface area contributed by atoms with Gasteiger partial charge in [-0.15, -0.1) is 0 Å². The van der Waals surface area contributed by atoms with E-state index in [-0.39, 0.29) is 30.1 Å². The summed E-state index contributed by atoms with van der Waals surface area (Å²) in [4.78, 5) is 28.3. The second-order valence-corrected chi connectivity index (χ2v) is 6.99. The van der Waals surface area contributed by atoms with Crippen molar-refractivity contribution in [3.8, 4) is 5.75 Å². The van der Waals surface area contributed by atoms with E-state index in [0.717, 1.165) is 13.0 Å². The molecule has 2 amide bonds. The summed E-state index contributed by atoms with van der Waals surface area (Å²) >= 11 is 0. The predicted molar refractivity (Wildman–Crippen MR) is 97.5 cm³/mol. The summed E-state index contributed by atoms with van der Waals surface area (Å²) in [6.45, 7) is 1.93. The Bertz CT molecular complexity index is 864. The van der Waals surface area contributed by atoms with Gasteiger partial charge in [-0.1, -0.05) is 36.4 Å². The van der Waals surface area contributed by atoms with Gasteiger partial charge in [-0.25, -0.2) is 4.39 Å². The van der Waals surface area contributed by atoms with Gasteiger partial charge >= 0.3 is 0 Å². The molecule has 27 heavy (non-hydrogen) atoms. The third-order valence-corrected chi connectivity index (χ3v) is 5.21. The van der Waals surface area contributed by atoms with E-state index in [4.69, 9.17) is 4.74 Å². The summed E-state index contributed by atoms with van der Waals surface area (Å²) in [5.41, 5.74) is 2.50. The Labute approximate surface area is 157 Å². The molecule has 2 aromatic carbocycles. The Morgan fingerprint density at radius 2 is 1.70 bits per heavy atom. The normalized spacial score (nSPS) is 16.5. The second kappa shape index (κ2) is 7.39. The first-order chi connectivity index (χ1) is 13.1. The maximum absolute atomic E-state index is 13.5. The van der Waals surface area contributed by atoms with Crippen molar-refractivity contribution < 1.29 is 18.7 Å². The zero-order valence-electron chi connectivity index (χ0n) is 14.9. The number of fused-ring (bicyclic) bond motifs is 1. The molecule has 2 aliphatic rings. The summed E-state index contributed by atoms with van der Waals surface area (Å²) in [7, 11) is 0. The van der Waals surface area contributed by atoms with Gasteiger partial charge in [-0.2, -0.15) is 0 Å². The number of hydrogen-bond donors (Lipinski definition) is 0. The molecule has 0 N–H and O–H groups in total. The third kappa shape index (κ3) is 3.65. The van der Waals surface area contributed by atoms with Crippen molar-refractivity contribution in [3.63, 3.8) is 0 Å². The molecule has 6 heteroatoms. The molecule has 0 aromatic heterocycles. The molecule has 0 unspecified atom stereocenters. The SMILES string of the molecule is O=C(COc1ccccc1F)N1CC(C(=O)N2CCc3ccccc3C2)C1. The van der Waals surface area contributed by atoms with E-state index >= 15 is 0 Å². The number of carbonyl (C=O) groups is 2. The maximum Gasteiger partial charge on any atom is 0.260 e. The number of rotatable bonds is 4. The van der Waals surface area contributed by atoms with Gasteiger partial charge in [-0.05, 0) is 29.7 Å². The molecule has 0 bridgehead atoms. The van der Waals surface area contributed by atoms with Crippen LogP contribution in [0.4, 0.5) is 4.39 Å². The molecule has 0 aliphatic carbocycles. The number of carbonyl (C=O) groups excluding carboxylic acids is 2. The average Bonchev–Trinajstić information content (AvgIpc) is 2.65. The quantitative estimate of drug-likeness (QED) is 0.832. The van der Waals surface area contributed by atoms with Crippen LogP contribution in [-0.2, 0) is 22.6 Å². The lowest BCUT2D eigenvalue weighted by Crippen LogP contribution is -2.57. The minimum Gasteiger partial charge on any atom is -0.481 e. The molecular weight excluding hydrogens is 347 g/mol. The van der Waals surface area contributed by atoms with E-state index in [1.807, 2.05) is 17.0 Å². The van der Waals surface area contributed by atoms with E-state index < -0.39 is 5.82 Å². The van der Waals surface area contributed by atoms with Crippen LogP contribution in [0.1, 0.15) is 11.1 Å². The smallest absolute Gasteiger partial charge is 0.260 e. The molecule has 2 aromatic rings. The number of ether oxygens (including phenoxy) is 1. The molecule has 0 atom stereocenters. The van der Waals surface area contributed by atoms with Crippen LogP contribution >= 0.6 is 0 Å². The summed E-state index contributed by atoms with van der Waals surface area (Å²) in [5.74, 6) is -0.721. The molecule has 0 radical (unpaired) electrons. The molecule has 0 spiro atoms. The average molecular weight is 368 g/mol. The molecule has 1 saturated heterocycles. The summed E-state index contributed by atoms with van der Waals surface area (Å²) in [6, 6.07) is 14.2. The zero-order chi connectivity index (χ0) is 18.8. The van der Waals surface area contributed by atoms with Crippen molar-refractivity contribution in [2.75, 3.05) is 26.2 Å². The van der Waals surface area contributed by atoms with Crippen LogP contribution in [0.3, 0.4) is 0 Å². The minimum absolute atomic E-state index is 0.0611. The Kier molecular flexibility index (Phi) is 4.79. The highest BCUT2D eigenvalue weighted by atomic mass is 19.1. The maximum atomic E-state index is 13.5. The Morgan fingerprint density at radius 1 is 1.00 bits per heavy atom. The number of likely N-dealkylation sites (tertiary alicyclic amines) is 1. The van der Waals surface area contributed by atoms with Gasteiger partial charge in [0.15, 0.2) is 18.2 Å². The summed E-state index contributed by atoms with van der Waals surface area (Å²) < 4.78 is 18.8. The van der Waals surface area contributed by atoms with E-state index in [2.05, 4.69) is 12.1 Å². The lowest BCUT2D eigenvalue weighted by atomic mass is 9.95. The standard InChI is InChI=1S/C21H21FN2O3/c22-18-7-3-4-8-19(18)27-14-20(25)24-12-17(13-24)21(26)23-10-9-15-5-1-2-6-16(15)11-23/h1-8,17H,9-14H2. The second-order valence-electron chi connectivity index (χ2n) is 6.99. The van der Waals surface area contributed by atoms with Crippen molar-refractivity contribution in [3.05, 3.63) is 65.5 Å². The van der Waals surface area contributed by atoms with Gasteiger partial charge in [-0.3, -0.25) is 9.59 Å². The number of para-hydroxylation sites is 1. The first kappa shape index (κ1) is 17.5. The van der Waals surface area contributed by atoms with Crippen molar-refractivity contribution in [1.29, 1.82) is 0 Å². The molecule has 1 fully saturated rings. The van der Waals surface area contributed by atoms with Gasteiger partial charge in [0.25, 0.3) is 5.91 Å². The Morgan fingerprint density at radius 3 is 2.48 bits per heavy atom. The van der Waals surface area contributed by atoms with Gasteiger partial charge < -0.3 is 14.5 Å². The van der Waals surface area contributed by atoms with Crippen molar-refractivity contribution in [2.45, 2.75) is 13.0 Å². The van der Waals surface area contributed by atoms with Crippen LogP contribution in [0.5, 0.6) is 5.75 Å². The topological polar surface area (TPSA) is 49.9 Å². The minimum atomic E-state index is -0.493. The van der Waals surface area contributed by atoms with Crippen LogP contribution < -0.4 is 4.74 Å². The predicted octanol–water partition coefficient (Wildman–Crippen LogP) is 2.25. The molecule has 2 aliphatic heterocycles. The van der Waals surface area contributed by atoms with E-state index in [1.54, 1.807) is 17.0 Å². The fraction of sp³-hybridized carbons (Fsp3) is 0.333. The lowest BCUT2D eigenvalue weighted by molar-refractivity contribution is -0.150. The molecule has 0 saturated carbocycles. The van der Waals surface area contributed by atoms with Gasteiger partial charge in [0.2, 0.25) is 5.91 Å². The van der Waals surface area contributed by atoms with Crippen LogP contribution in [-0.4, -0.2) is 47.9 Å². The van der Waals surface area contributed by atoms with Crippen molar-refractivity contribution >= 4 is 11.8 Å². The first-order valence-electron chi connectivity index (χ1n) is 9.12. The fourth-order valence-electron chi connectivity index (χ4n) is 3.57. The molecule has 2 heterocycles. The molecule has 140 valence electrons. The number of halogens is 1. The van der Waals surface area contributed by atoms with Gasteiger partial charge in [0.1, 0.15) is 0 Å². The van der Waals surface area contributed by atoms with Crippen LogP contribution in [0.25, 0.3) is 0 Å². The van der Waals surface area contributed by atoms with E-state index in [1.165, 1.54) is 23.3 Å². The molecule has 5 nitrogen and oxygen atoms in total. The summed E-state index contributed by atoms with van der Waals surface area (Å²) in [5, 5.41) is 0. The number of nitrogens with zero attached hydrogens (tertiary/aromatic N) is 2. The number of hydrogen-bond acceptors (Lipinski definition) is 3. The largest absolute Gasteiger partial charge is 0.481 e. The highest BCUT2D eigenvalue weighted by molar-refractivity contribution is 5.85. The van der Waals surface area contributed by atoms with Crippen molar-refractivity contribution in [1.82, 2.24) is 9.80 Å². The van der Waals surface area contributed by atoms with Crippen LogP contribution in [0.2, 0.25) is 0 Å². The lowest BCUT2D eigenvalue weighted by Gasteiger charge is -2.41. The van der Waals surface area contributed by atoms with Gasteiger partial charge in [0, 0.05) is 26.2 Å². The zero-order valence-corrected chi connectivity index (χ0v) is 14.9. The third-order valence-electron chi connectivity index (χ3n) is 5.21. The molecule has 4 rings (SSSR count). The van der Waals surface area contributed by atoms with E-state index in [9.17, 15) is 14.0 Å². The highest BCUT2D eigenvalue weighted by Crippen LogP contribution is 2.24.